The van der Waals surface area contributed by atoms with Gasteiger partial charge in [0.2, 0.25) is 0 Å². The Morgan fingerprint density at radius 3 is 2.58 bits per heavy atom. The van der Waals surface area contributed by atoms with Gasteiger partial charge in [0.1, 0.15) is 5.75 Å². The predicted octanol–water partition coefficient (Wildman–Crippen LogP) is 4.91. The van der Waals surface area contributed by atoms with Crippen LogP contribution in [0.1, 0.15) is 61.4 Å². The highest BCUT2D eigenvalue weighted by Crippen LogP contribution is 2.30. The van der Waals surface area contributed by atoms with Gasteiger partial charge in [-0.25, -0.2) is 0 Å². The molecule has 2 aromatic rings. The van der Waals surface area contributed by atoms with E-state index in [1.54, 1.807) is 0 Å². The van der Waals surface area contributed by atoms with E-state index in [1.165, 1.54) is 29.5 Å². The van der Waals surface area contributed by atoms with Crippen LogP contribution in [0.15, 0.2) is 42.5 Å². The Labute approximate surface area is 156 Å². The van der Waals surface area contributed by atoms with Crippen molar-refractivity contribution in [3.05, 3.63) is 64.7 Å². The average molecular weight is 351 g/mol. The van der Waals surface area contributed by atoms with E-state index < -0.39 is 6.10 Å². The summed E-state index contributed by atoms with van der Waals surface area (Å²) in [7, 11) is 0. The normalized spacial score (nSPS) is 15.7. The Hall–Kier alpha value is -2.29. The quantitative estimate of drug-likeness (QED) is 0.803. The molecule has 0 saturated heterocycles. The molecule has 0 saturated carbocycles. The molecule has 0 aliphatic heterocycles. The molecule has 1 amide bonds. The lowest BCUT2D eigenvalue weighted by Gasteiger charge is -2.24. The minimum Gasteiger partial charge on any atom is -0.481 e. The molecule has 0 spiro atoms. The van der Waals surface area contributed by atoms with Crippen LogP contribution in [0.2, 0.25) is 0 Å². The molecule has 2 atom stereocenters. The number of hydrogen-bond donors (Lipinski definition) is 1. The van der Waals surface area contributed by atoms with E-state index in [0.717, 1.165) is 30.6 Å². The first kappa shape index (κ1) is 18.5. The van der Waals surface area contributed by atoms with Crippen LogP contribution >= 0.6 is 0 Å². The highest BCUT2D eigenvalue weighted by Gasteiger charge is 2.21. The SMILES string of the molecule is CCC(NC(=O)C(C)Oc1cccc2c1CCCC2)c1ccc(C)cc1. The van der Waals surface area contributed by atoms with E-state index in [2.05, 4.69) is 49.5 Å². The van der Waals surface area contributed by atoms with Crippen LogP contribution in [-0.4, -0.2) is 12.0 Å². The molecular formula is C23H29NO2. The van der Waals surface area contributed by atoms with Gasteiger partial charge in [0.05, 0.1) is 6.04 Å². The zero-order valence-electron chi connectivity index (χ0n) is 16.0. The number of amides is 1. The van der Waals surface area contributed by atoms with Gasteiger partial charge in [-0.05, 0) is 68.7 Å². The van der Waals surface area contributed by atoms with E-state index in [0.29, 0.717) is 0 Å². The summed E-state index contributed by atoms with van der Waals surface area (Å²) in [6, 6.07) is 14.6. The van der Waals surface area contributed by atoms with Gasteiger partial charge in [-0.2, -0.15) is 0 Å². The molecule has 1 aliphatic carbocycles. The summed E-state index contributed by atoms with van der Waals surface area (Å²) < 4.78 is 6.06. The molecule has 3 heteroatoms. The Bertz CT molecular complexity index is 751. The molecule has 3 rings (SSSR count). The van der Waals surface area contributed by atoms with Crippen LogP contribution in [0.25, 0.3) is 0 Å². The smallest absolute Gasteiger partial charge is 0.261 e. The van der Waals surface area contributed by atoms with E-state index in [1.807, 2.05) is 19.1 Å². The van der Waals surface area contributed by atoms with Crippen molar-refractivity contribution in [3.8, 4) is 5.75 Å². The number of ether oxygens (including phenoxy) is 1. The van der Waals surface area contributed by atoms with Gasteiger partial charge in [-0.1, -0.05) is 48.9 Å². The fraction of sp³-hybridized carbons (Fsp3) is 0.435. The van der Waals surface area contributed by atoms with Crippen molar-refractivity contribution in [2.75, 3.05) is 0 Å². The summed E-state index contributed by atoms with van der Waals surface area (Å²) in [6.07, 6.45) is 4.92. The number of rotatable bonds is 6. The fourth-order valence-corrected chi connectivity index (χ4v) is 3.61. The van der Waals surface area contributed by atoms with Crippen molar-refractivity contribution in [3.63, 3.8) is 0 Å². The number of carbonyl (C=O) groups excluding carboxylic acids is 1. The first-order valence-electron chi connectivity index (χ1n) is 9.73. The van der Waals surface area contributed by atoms with Crippen LogP contribution in [0.4, 0.5) is 0 Å². The Morgan fingerprint density at radius 1 is 1.12 bits per heavy atom. The molecule has 26 heavy (non-hydrogen) atoms. The Kier molecular flexibility index (Phi) is 5.97. The third-order valence-corrected chi connectivity index (χ3v) is 5.23. The number of aryl methyl sites for hydroxylation is 2. The third-order valence-electron chi connectivity index (χ3n) is 5.23. The lowest BCUT2D eigenvalue weighted by molar-refractivity contribution is -0.128. The van der Waals surface area contributed by atoms with Gasteiger partial charge in [0, 0.05) is 0 Å². The van der Waals surface area contributed by atoms with Crippen molar-refractivity contribution >= 4 is 5.91 Å². The lowest BCUT2D eigenvalue weighted by atomic mass is 9.91. The van der Waals surface area contributed by atoms with Crippen molar-refractivity contribution in [1.29, 1.82) is 0 Å². The van der Waals surface area contributed by atoms with Gasteiger partial charge >= 0.3 is 0 Å². The maximum absolute atomic E-state index is 12.7. The zero-order chi connectivity index (χ0) is 18.5. The van der Waals surface area contributed by atoms with Crippen molar-refractivity contribution < 1.29 is 9.53 Å². The molecule has 138 valence electrons. The maximum Gasteiger partial charge on any atom is 0.261 e. The summed E-state index contributed by atoms with van der Waals surface area (Å²) in [4.78, 5) is 12.7. The monoisotopic (exact) mass is 351 g/mol. The standard InChI is InChI=1S/C23H29NO2/c1-4-21(19-14-12-16(2)13-15-19)24-23(25)17(3)26-22-11-7-9-18-8-5-6-10-20(18)22/h7,9,11-15,17,21H,4-6,8,10H2,1-3H3,(H,24,25). The number of nitrogens with one attached hydrogen (secondary N) is 1. The number of hydrogen-bond acceptors (Lipinski definition) is 2. The van der Waals surface area contributed by atoms with Crippen molar-refractivity contribution in [2.45, 2.75) is 65.0 Å². The van der Waals surface area contributed by atoms with Gasteiger partial charge < -0.3 is 10.1 Å². The van der Waals surface area contributed by atoms with Crippen LogP contribution < -0.4 is 10.1 Å². The van der Waals surface area contributed by atoms with Crippen LogP contribution in [0.3, 0.4) is 0 Å². The third kappa shape index (κ3) is 4.27. The van der Waals surface area contributed by atoms with Crippen LogP contribution in [-0.2, 0) is 17.6 Å². The lowest BCUT2D eigenvalue weighted by Crippen LogP contribution is -2.38. The minimum atomic E-state index is -0.511. The van der Waals surface area contributed by atoms with Crippen molar-refractivity contribution in [2.24, 2.45) is 0 Å². The van der Waals surface area contributed by atoms with Crippen LogP contribution in [0.5, 0.6) is 5.75 Å². The maximum atomic E-state index is 12.7. The zero-order valence-corrected chi connectivity index (χ0v) is 16.0. The summed E-state index contributed by atoms with van der Waals surface area (Å²) >= 11 is 0. The second kappa shape index (κ2) is 8.39. The molecule has 0 heterocycles. The minimum absolute atomic E-state index is 0.0128. The molecule has 1 aliphatic rings. The molecule has 2 unspecified atom stereocenters. The molecule has 0 bridgehead atoms. The van der Waals surface area contributed by atoms with Gasteiger partial charge in [0.25, 0.3) is 5.91 Å². The molecule has 3 nitrogen and oxygen atoms in total. The summed E-state index contributed by atoms with van der Waals surface area (Å²) in [5.41, 5.74) is 5.01. The second-order valence-corrected chi connectivity index (χ2v) is 7.24. The van der Waals surface area contributed by atoms with Gasteiger partial charge in [-0.3, -0.25) is 4.79 Å². The first-order valence-corrected chi connectivity index (χ1v) is 9.73. The summed E-state index contributed by atoms with van der Waals surface area (Å²) in [6.45, 7) is 5.99. The topological polar surface area (TPSA) is 38.3 Å². The van der Waals surface area contributed by atoms with E-state index >= 15 is 0 Å². The number of carbonyl (C=O) groups is 1. The fourth-order valence-electron chi connectivity index (χ4n) is 3.61. The molecular weight excluding hydrogens is 322 g/mol. The molecule has 0 fully saturated rings. The number of fused-ring (bicyclic) bond motifs is 1. The molecule has 0 radical (unpaired) electrons. The Balaban J connectivity index is 1.67. The molecule has 2 aromatic carbocycles. The largest absolute Gasteiger partial charge is 0.481 e. The van der Waals surface area contributed by atoms with E-state index in [-0.39, 0.29) is 11.9 Å². The average Bonchev–Trinajstić information content (AvgIpc) is 2.67. The first-order chi connectivity index (χ1) is 12.6. The Morgan fingerprint density at radius 2 is 1.85 bits per heavy atom. The van der Waals surface area contributed by atoms with E-state index in [4.69, 9.17) is 4.74 Å². The number of benzene rings is 2. The molecule has 1 N–H and O–H groups in total. The van der Waals surface area contributed by atoms with E-state index in [9.17, 15) is 4.79 Å². The van der Waals surface area contributed by atoms with Crippen molar-refractivity contribution in [1.82, 2.24) is 5.32 Å². The van der Waals surface area contributed by atoms with Gasteiger partial charge in [0.15, 0.2) is 6.10 Å². The summed E-state index contributed by atoms with van der Waals surface area (Å²) in [5.74, 6) is 0.805. The highest BCUT2D eigenvalue weighted by molar-refractivity contribution is 5.81. The van der Waals surface area contributed by atoms with Crippen LogP contribution in [0, 0.1) is 6.92 Å². The molecule has 0 aromatic heterocycles. The second-order valence-electron chi connectivity index (χ2n) is 7.24. The highest BCUT2D eigenvalue weighted by atomic mass is 16.5. The predicted molar refractivity (Wildman–Crippen MR) is 106 cm³/mol. The summed E-state index contributed by atoms with van der Waals surface area (Å²) in [5, 5.41) is 3.14. The van der Waals surface area contributed by atoms with Gasteiger partial charge in [-0.15, -0.1) is 0 Å².